The van der Waals surface area contributed by atoms with E-state index in [1.165, 1.54) is 43.4 Å². The second kappa shape index (κ2) is 7.39. The number of aryl methyl sites for hydroxylation is 1. The lowest BCUT2D eigenvalue weighted by Gasteiger charge is -2.00. The Balaban J connectivity index is 2.21. The summed E-state index contributed by atoms with van der Waals surface area (Å²) >= 11 is 1.23. The monoisotopic (exact) mass is 241 g/mol. The molecule has 0 radical (unpaired) electrons. The van der Waals surface area contributed by atoms with Crippen molar-refractivity contribution in [2.75, 3.05) is 0 Å². The minimum Gasteiger partial charge on any atom is -0.539 e. The number of thiazole rings is 1. The van der Waals surface area contributed by atoms with E-state index in [4.69, 9.17) is 0 Å². The van der Waals surface area contributed by atoms with Crippen LogP contribution in [0.1, 0.15) is 55.3 Å². The van der Waals surface area contributed by atoms with E-state index in [0.29, 0.717) is 5.01 Å². The third kappa shape index (κ3) is 4.31. The second-order valence-electron chi connectivity index (χ2n) is 3.96. The molecule has 0 aliphatic heterocycles. The van der Waals surface area contributed by atoms with E-state index in [1.54, 1.807) is 9.95 Å². The largest absolute Gasteiger partial charge is 0.539 e. The van der Waals surface area contributed by atoms with Crippen LogP contribution < -0.4 is 9.67 Å². The van der Waals surface area contributed by atoms with Gasteiger partial charge < -0.3 is 9.90 Å². The van der Waals surface area contributed by atoms with Gasteiger partial charge in [-0.15, -0.1) is 0 Å². The van der Waals surface area contributed by atoms with Gasteiger partial charge in [-0.25, -0.2) is 0 Å². The molecule has 1 aromatic heterocycles. The van der Waals surface area contributed by atoms with E-state index in [9.17, 15) is 9.90 Å². The Bertz CT molecular complexity index is 323. The van der Waals surface area contributed by atoms with E-state index < -0.39 is 5.97 Å². The summed E-state index contributed by atoms with van der Waals surface area (Å²) in [7, 11) is 0. The van der Waals surface area contributed by atoms with Crippen molar-refractivity contribution < 1.29 is 14.5 Å². The van der Waals surface area contributed by atoms with Crippen LogP contribution >= 0.6 is 11.3 Å². The molecule has 0 aliphatic rings. The zero-order valence-electron chi connectivity index (χ0n) is 9.78. The summed E-state index contributed by atoms with van der Waals surface area (Å²) < 4.78 is 1.78. The molecule has 0 spiro atoms. The van der Waals surface area contributed by atoms with Crippen molar-refractivity contribution in [3.63, 3.8) is 0 Å². The lowest BCUT2D eigenvalue weighted by atomic mass is 10.1. The van der Waals surface area contributed by atoms with E-state index in [-0.39, 0.29) is 0 Å². The van der Waals surface area contributed by atoms with Gasteiger partial charge in [0.15, 0.2) is 12.2 Å². The summed E-state index contributed by atoms with van der Waals surface area (Å²) in [4.78, 5) is 10.7. The fourth-order valence-electron chi connectivity index (χ4n) is 1.71. The van der Waals surface area contributed by atoms with Gasteiger partial charge in [0.2, 0.25) is 0 Å². The van der Waals surface area contributed by atoms with Gasteiger partial charge in [0.1, 0.15) is 6.54 Å². The highest BCUT2D eigenvalue weighted by Gasteiger charge is 2.12. The maximum Gasteiger partial charge on any atom is 0.284 e. The second-order valence-corrected chi connectivity index (χ2v) is 4.85. The quantitative estimate of drug-likeness (QED) is 0.514. The van der Waals surface area contributed by atoms with Crippen LogP contribution in [-0.4, -0.2) is 5.97 Å². The van der Waals surface area contributed by atoms with Crippen LogP contribution in [0.2, 0.25) is 0 Å². The molecular weight excluding hydrogens is 222 g/mol. The van der Waals surface area contributed by atoms with Gasteiger partial charge in [0.05, 0.1) is 5.38 Å². The van der Waals surface area contributed by atoms with E-state index in [1.807, 2.05) is 6.20 Å². The standard InChI is InChI=1S/C12H19NO2S/c1-2-3-4-5-6-7-8-13-9-10-16-11(13)12(14)15/h9-10H,2-8H2,1H3. The van der Waals surface area contributed by atoms with E-state index in [2.05, 4.69) is 6.92 Å². The van der Waals surface area contributed by atoms with Crippen molar-refractivity contribution in [3.8, 4) is 0 Å². The molecule has 16 heavy (non-hydrogen) atoms. The normalized spacial score (nSPS) is 10.6. The zero-order chi connectivity index (χ0) is 11.8. The predicted octanol–water partition coefficient (Wildman–Crippen LogP) is 1.76. The number of unbranched alkanes of at least 4 members (excludes halogenated alkanes) is 5. The molecule has 0 N–H and O–H groups in total. The lowest BCUT2D eigenvalue weighted by Crippen LogP contribution is -2.41. The molecule has 4 heteroatoms. The first-order valence-electron chi connectivity index (χ1n) is 5.94. The van der Waals surface area contributed by atoms with Crippen molar-refractivity contribution in [2.24, 2.45) is 0 Å². The Morgan fingerprint density at radius 1 is 1.31 bits per heavy atom. The van der Waals surface area contributed by atoms with Crippen LogP contribution in [0.5, 0.6) is 0 Å². The topological polar surface area (TPSA) is 44.0 Å². The molecule has 0 aliphatic carbocycles. The van der Waals surface area contributed by atoms with Crippen LogP contribution in [0.3, 0.4) is 0 Å². The Morgan fingerprint density at radius 2 is 2.00 bits per heavy atom. The van der Waals surface area contributed by atoms with Crippen LogP contribution in [0.4, 0.5) is 0 Å². The Morgan fingerprint density at radius 3 is 2.69 bits per heavy atom. The van der Waals surface area contributed by atoms with Crippen molar-refractivity contribution in [1.29, 1.82) is 0 Å². The minimum absolute atomic E-state index is 0.327. The number of carboxylic acid groups (broad SMARTS) is 1. The van der Waals surface area contributed by atoms with Gasteiger partial charge in [-0.1, -0.05) is 43.9 Å². The fraction of sp³-hybridized carbons (Fsp3) is 0.667. The maximum absolute atomic E-state index is 10.7. The van der Waals surface area contributed by atoms with Crippen molar-refractivity contribution >= 4 is 17.3 Å². The van der Waals surface area contributed by atoms with E-state index in [0.717, 1.165) is 13.0 Å². The Labute approximate surface area is 101 Å². The first kappa shape index (κ1) is 13.2. The van der Waals surface area contributed by atoms with Crippen molar-refractivity contribution in [2.45, 2.75) is 52.0 Å². The van der Waals surface area contributed by atoms with Crippen molar-refractivity contribution in [3.05, 3.63) is 16.6 Å². The number of carboxylic acids is 1. The molecule has 1 rings (SSSR count). The molecule has 3 nitrogen and oxygen atoms in total. The van der Waals surface area contributed by atoms with Gasteiger partial charge in [-0.05, 0) is 6.42 Å². The first-order chi connectivity index (χ1) is 7.75. The number of rotatable bonds is 8. The number of hydrogen-bond acceptors (Lipinski definition) is 3. The fourth-order valence-corrected chi connectivity index (χ4v) is 2.43. The van der Waals surface area contributed by atoms with Crippen LogP contribution in [-0.2, 0) is 6.54 Å². The summed E-state index contributed by atoms with van der Waals surface area (Å²) in [5.74, 6) is -1.07. The summed E-state index contributed by atoms with van der Waals surface area (Å²) in [6.45, 7) is 2.99. The predicted molar refractivity (Wildman–Crippen MR) is 62.2 cm³/mol. The molecule has 0 atom stereocenters. The SMILES string of the molecule is CCCCCCCC[n+]1ccsc1C(=O)[O-]. The average molecular weight is 241 g/mol. The molecule has 1 aromatic rings. The summed E-state index contributed by atoms with van der Waals surface area (Å²) in [6.07, 6.45) is 9.14. The highest BCUT2D eigenvalue weighted by molar-refractivity contribution is 7.11. The number of aromatic nitrogens is 1. The molecular formula is C12H19NO2S. The molecule has 0 unspecified atom stereocenters. The number of carbonyl (C=O) groups excluding carboxylic acids is 1. The molecule has 0 amide bonds. The van der Waals surface area contributed by atoms with Crippen LogP contribution in [0, 0.1) is 0 Å². The minimum atomic E-state index is -1.07. The third-order valence-corrected chi connectivity index (χ3v) is 3.49. The summed E-state index contributed by atoms with van der Waals surface area (Å²) in [5.41, 5.74) is 0. The van der Waals surface area contributed by atoms with Crippen molar-refractivity contribution in [1.82, 2.24) is 0 Å². The smallest absolute Gasteiger partial charge is 0.284 e. The zero-order valence-corrected chi connectivity index (χ0v) is 10.6. The van der Waals surface area contributed by atoms with Gasteiger partial charge in [0.25, 0.3) is 5.01 Å². The summed E-state index contributed by atoms with van der Waals surface area (Å²) in [6, 6.07) is 0. The average Bonchev–Trinajstić information content (AvgIpc) is 2.71. The van der Waals surface area contributed by atoms with Gasteiger partial charge in [-0.2, -0.15) is 4.57 Å². The lowest BCUT2D eigenvalue weighted by molar-refractivity contribution is -0.696. The van der Waals surface area contributed by atoms with Gasteiger partial charge >= 0.3 is 0 Å². The Hall–Kier alpha value is -0.900. The van der Waals surface area contributed by atoms with E-state index >= 15 is 0 Å². The number of nitrogens with zero attached hydrogens (tertiary/aromatic N) is 1. The first-order valence-corrected chi connectivity index (χ1v) is 6.82. The molecule has 1 heterocycles. The Kier molecular flexibility index (Phi) is 6.08. The molecule has 0 saturated heterocycles. The molecule has 0 aromatic carbocycles. The molecule has 0 saturated carbocycles. The van der Waals surface area contributed by atoms with Gasteiger partial charge in [-0.3, -0.25) is 0 Å². The number of carbonyl (C=O) groups is 1. The summed E-state index contributed by atoms with van der Waals surface area (Å²) in [5, 5.41) is 12.9. The third-order valence-electron chi connectivity index (χ3n) is 2.61. The molecule has 0 bridgehead atoms. The number of hydrogen-bond donors (Lipinski definition) is 0. The highest BCUT2D eigenvalue weighted by Crippen LogP contribution is 2.06. The maximum atomic E-state index is 10.7. The van der Waals surface area contributed by atoms with Gasteiger partial charge in [0, 0.05) is 6.42 Å². The van der Waals surface area contributed by atoms with Crippen LogP contribution in [0.25, 0.3) is 0 Å². The number of aromatic carboxylic acids is 1. The molecule has 90 valence electrons. The van der Waals surface area contributed by atoms with Crippen LogP contribution in [0.15, 0.2) is 11.6 Å². The highest BCUT2D eigenvalue weighted by atomic mass is 32.1. The molecule has 0 fully saturated rings.